The Kier molecular flexibility index (Phi) is 7.02. The van der Waals surface area contributed by atoms with E-state index in [-0.39, 0.29) is 10.8 Å². The number of hydrogen-bond donors (Lipinski definition) is 0. The van der Waals surface area contributed by atoms with Crippen LogP contribution in [0.5, 0.6) is 0 Å². The van der Waals surface area contributed by atoms with Crippen LogP contribution in [0, 0.1) is 11.8 Å². The fourth-order valence-corrected chi connectivity index (χ4v) is 5.04. The summed E-state index contributed by atoms with van der Waals surface area (Å²) in [6.07, 6.45) is 9.14. The molecular weight excluding hydrogens is 415 g/mol. The van der Waals surface area contributed by atoms with Gasteiger partial charge in [-0.3, -0.25) is 0 Å². The minimum atomic E-state index is -4.49. The first-order chi connectivity index (χ1) is 14.2. The Bertz CT molecular complexity index is 931. The van der Waals surface area contributed by atoms with Gasteiger partial charge in [-0.1, -0.05) is 12.2 Å². The second-order valence-corrected chi connectivity index (χ2v) is 9.82. The van der Waals surface area contributed by atoms with E-state index in [0.717, 1.165) is 56.5 Å². The van der Waals surface area contributed by atoms with Crippen molar-refractivity contribution in [2.24, 2.45) is 11.8 Å². The van der Waals surface area contributed by atoms with E-state index in [4.69, 9.17) is 0 Å². The maximum atomic E-state index is 12.7. The molecule has 9 heteroatoms. The molecule has 0 N–H and O–H groups in total. The van der Waals surface area contributed by atoms with Crippen molar-refractivity contribution in [2.45, 2.75) is 43.3 Å². The first-order valence-electron chi connectivity index (χ1n) is 9.92. The van der Waals surface area contributed by atoms with Gasteiger partial charge in [0.2, 0.25) is 10.0 Å². The van der Waals surface area contributed by atoms with Gasteiger partial charge >= 0.3 is 6.18 Å². The van der Waals surface area contributed by atoms with E-state index in [2.05, 4.69) is 17.1 Å². The van der Waals surface area contributed by atoms with Crippen LogP contribution in [0.25, 0.3) is 0 Å². The van der Waals surface area contributed by atoms with E-state index in [1.54, 1.807) is 12.5 Å². The molecule has 30 heavy (non-hydrogen) atoms. The third-order valence-electron chi connectivity index (χ3n) is 5.58. The summed E-state index contributed by atoms with van der Waals surface area (Å²) in [6, 6.07) is 3.66. The zero-order valence-electron chi connectivity index (χ0n) is 16.8. The lowest BCUT2D eigenvalue weighted by Gasteiger charge is -2.30. The summed E-state index contributed by atoms with van der Waals surface area (Å²) in [5.74, 6) is 0.735. The Morgan fingerprint density at radius 2 is 1.83 bits per heavy atom. The number of sulfonamides is 1. The average molecular weight is 442 g/mol. The van der Waals surface area contributed by atoms with Gasteiger partial charge in [0.15, 0.2) is 0 Å². The Labute approximate surface area is 175 Å². The van der Waals surface area contributed by atoms with Crippen molar-refractivity contribution >= 4 is 10.0 Å². The Balaban J connectivity index is 1.51. The number of rotatable bonds is 7. The summed E-state index contributed by atoms with van der Waals surface area (Å²) in [5.41, 5.74) is -0.858. The lowest BCUT2D eigenvalue weighted by Crippen LogP contribution is -2.33. The van der Waals surface area contributed by atoms with Gasteiger partial charge in [-0.15, -0.1) is 0 Å². The molecule has 0 saturated heterocycles. The van der Waals surface area contributed by atoms with Crippen molar-refractivity contribution in [3.05, 3.63) is 60.7 Å². The summed E-state index contributed by atoms with van der Waals surface area (Å²) in [6.45, 7) is 1.16. The van der Waals surface area contributed by atoms with Crippen LogP contribution in [0.1, 0.15) is 31.2 Å². The average Bonchev–Trinajstić information content (AvgIpc) is 3.22. The molecule has 0 aliphatic heterocycles. The molecule has 0 atom stereocenters. The smallest absolute Gasteiger partial charge is 0.334 e. The molecule has 1 aromatic carbocycles. The van der Waals surface area contributed by atoms with E-state index >= 15 is 0 Å². The van der Waals surface area contributed by atoms with Gasteiger partial charge in [0.25, 0.3) is 0 Å². The first-order valence-corrected chi connectivity index (χ1v) is 11.4. The van der Waals surface area contributed by atoms with Crippen molar-refractivity contribution in [3.63, 3.8) is 0 Å². The molecule has 1 aromatic heterocycles. The molecule has 0 bridgehead atoms. The quantitative estimate of drug-likeness (QED) is 0.591. The number of nitrogens with zero attached hydrogens (tertiary/aromatic N) is 3. The summed E-state index contributed by atoms with van der Waals surface area (Å²) < 4.78 is 66.8. The highest BCUT2D eigenvalue weighted by Crippen LogP contribution is 2.32. The first kappa shape index (κ1) is 22.6. The van der Waals surface area contributed by atoms with Gasteiger partial charge in [-0.2, -0.15) is 13.2 Å². The van der Waals surface area contributed by atoms with Crippen molar-refractivity contribution < 1.29 is 21.6 Å². The number of allylic oxidation sites excluding steroid dienone is 2. The van der Waals surface area contributed by atoms with Crippen molar-refractivity contribution in [1.82, 2.24) is 13.9 Å². The van der Waals surface area contributed by atoms with Crippen LogP contribution in [-0.2, 0) is 22.7 Å². The van der Waals surface area contributed by atoms with Crippen LogP contribution in [0.15, 0.2) is 60.0 Å². The van der Waals surface area contributed by atoms with Gasteiger partial charge in [0.1, 0.15) is 0 Å². The summed E-state index contributed by atoms with van der Waals surface area (Å²) >= 11 is 0. The molecule has 0 amide bonds. The number of imidazole rings is 1. The minimum Gasteiger partial charge on any atom is -0.334 e. The highest BCUT2D eigenvalue weighted by Gasteiger charge is 2.31. The number of halogens is 3. The van der Waals surface area contributed by atoms with Crippen LogP contribution in [0.3, 0.4) is 0 Å². The topological polar surface area (TPSA) is 55.2 Å². The van der Waals surface area contributed by atoms with Gasteiger partial charge in [-0.25, -0.2) is 17.7 Å². The largest absolute Gasteiger partial charge is 0.416 e. The SMILES string of the molecule is CN(CC1CCC(C=CCn2ccnc2)CC1)S(=O)(=O)c1ccc(C(F)(F)F)cc1. The third kappa shape index (κ3) is 5.72. The highest BCUT2D eigenvalue weighted by atomic mass is 32.2. The van der Waals surface area contributed by atoms with Crippen molar-refractivity contribution in [2.75, 3.05) is 13.6 Å². The fourth-order valence-electron chi connectivity index (χ4n) is 3.79. The van der Waals surface area contributed by atoms with Crippen LogP contribution in [0.2, 0.25) is 0 Å². The summed E-state index contributed by atoms with van der Waals surface area (Å²) in [4.78, 5) is 3.89. The standard InChI is InChI=1S/C21H26F3N3O2S/c1-26(30(28,29)20-10-8-19(9-11-20)21(22,23)24)15-18-6-4-17(5-7-18)3-2-13-27-14-12-25-16-27/h2-3,8-12,14,16-18H,4-7,13,15H2,1H3. The van der Waals surface area contributed by atoms with Crippen molar-refractivity contribution in [1.29, 1.82) is 0 Å². The highest BCUT2D eigenvalue weighted by molar-refractivity contribution is 7.89. The molecule has 164 valence electrons. The van der Waals surface area contributed by atoms with Crippen LogP contribution in [-0.4, -0.2) is 35.9 Å². The number of alkyl halides is 3. The summed E-state index contributed by atoms with van der Waals surface area (Å²) in [5, 5.41) is 0. The zero-order valence-corrected chi connectivity index (χ0v) is 17.6. The Morgan fingerprint density at radius 3 is 2.40 bits per heavy atom. The molecule has 1 aliphatic carbocycles. The van der Waals surface area contributed by atoms with E-state index in [9.17, 15) is 21.6 Å². The van der Waals surface area contributed by atoms with Gasteiger partial charge in [0.05, 0.1) is 16.8 Å². The predicted octanol–water partition coefficient (Wildman–Crippen LogP) is 4.59. The molecule has 1 saturated carbocycles. The molecule has 0 unspecified atom stereocenters. The molecule has 0 radical (unpaired) electrons. The second-order valence-electron chi connectivity index (χ2n) is 7.78. The summed E-state index contributed by atoms with van der Waals surface area (Å²) in [7, 11) is -2.32. The predicted molar refractivity (Wildman–Crippen MR) is 108 cm³/mol. The monoisotopic (exact) mass is 441 g/mol. The normalized spacial score (nSPS) is 20.8. The minimum absolute atomic E-state index is 0.117. The van der Waals surface area contributed by atoms with Crippen LogP contribution >= 0.6 is 0 Å². The number of benzene rings is 1. The molecular formula is C21H26F3N3O2S. The maximum absolute atomic E-state index is 12.7. The Hall–Kier alpha value is -2.13. The molecule has 2 aromatic rings. The van der Waals surface area contributed by atoms with E-state index in [1.165, 1.54) is 11.4 Å². The fraction of sp³-hybridized carbons (Fsp3) is 0.476. The lowest BCUT2D eigenvalue weighted by atomic mass is 9.82. The lowest BCUT2D eigenvalue weighted by molar-refractivity contribution is -0.137. The molecule has 1 heterocycles. The second kappa shape index (κ2) is 9.34. The maximum Gasteiger partial charge on any atom is 0.416 e. The van der Waals surface area contributed by atoms with Gasteiger partial charge < -0.3 is 4.57 Å². The van der Waals surface area contributed by atoms with E-state index in [1.807, 2.05) is 10.8 Å². The Morgan fingerprint density at radius 1 is 1.17 bits per heavy atom. The van der Waals surface area contributed by atoms with E-state index < -0.39 is 21.8 Å². The van der Waals surface area contributed by atoms with Gasteiger partial charge in [0, 0.05) is 32.5 Å². The molecule has 0 spiro atoms. The molecule has 1 aliphatic rings. The zero-order chi connectivity index (χ0) is 21.8. The van der Waals surface area contributed by atoms with E-state index in [0.29, 0.717) is 12.5 Å². The third-order valence-corrected chi connectivity index (χ3v) is 7.42. The number of hydrogen-bond acceptors (Lipinski definition) is 3. The van der Waals surface area contributed by atoms with Gasteiger partial charge in [-0.05, 0) is 61.8 Å². The molecule has 3 rings (SSSR count). The molecule has 5 nitrogen and oxygen atoms in total. The number of aromatic nitrogens is 2. The molecule has 1 fully saturated rings. The van der Waals surface area contributed by atoms with Crippen LogP contribution in [0.4, 0.5) is 13.2 Å². The van der Waals surface area contributed by atoms with Crippen molar-refractivity contribution in [3.8, 4) is 0 Å². The van der Waals surface area contributed by atoms with Crippen LogP contribution < -0.4 is 0 Å².